The smallest absolute Gasteiger partial charge is 0.262 e. The molecule has 0 spiro atoms. The highest BCUT2D eigenvalue weighted by atomic mass is 32.1. The van der Waals surface area contributed by atoms with E-state index < -0.39 is 0 Å². The van der Waals surface area contributed by atoms with Crippen molar-refractivity contribution in [3.63, 3.8) is 0 Å². The molecular weight excluding hydrogens is 396 g/mol. The molecule has 30 heavy (non-hydrogen) atoms. The molecule has 2 amide bonds. The van der Waals surface area contributed by atoms with E-state index in [1.807, 2.05) is 49.4 Å². The molecule has 154 valence electrons. The molecule has 0 radical (unpaired) electrons. The highest BCUT2D eigenvalue weighted by Gasteiger charge is 2.26. The maximum atomic E-state index is 13.1. The predicted molar refractivity (Wildman–Crippen MR) is 121 cm³/mol. The lowest BCUT2D eigenvalue weighted by molar-refractivity contribution is -0.118. The Bertz CT molecular complexity index is 1040. The van der Waals surface area contributed by atoms with E-state index in [0.29, 0.717) is 16.3 Å². The number of hydrogen-bond donors (Lipinski definition) is 2. The van der Waals surface area contributed by atoms with Crippen molar-refractivity contribution in [1.82, 2.24) is 0 Å². The lowest BCUT2D eigenvalue weighted by atomic mass is 9.95. The fourth-order valence-corrected chi connectivity index (χ4v) is 4.86. The standard InChI is InChI=1S/C24H24N2O3S/c1-16-11-13-17(14-12-16)25-23(28)22-19-9-5-6-10-20(19)30-24(22)26-21(27)15-29-18-7-3-2-4-8-18/h2-4,7-8,11-14H,5-6,9-10,15H2,1H3,(H,25,28)(H,26,27). The minimum absolute atomic E-state index is 0.106. The molecular formula is C24H24N2O3S. The second kappa shape index (κ2) is 9.13. The Kier molecular flexibility index (Phi) is 6.14. The number of anilines is 2. The van der Waals surface area contributed by atoms with Gasteiger partial charge in [-0.05, 0) is 62.4 Å². The van der Waals surface area contributed by atoms with E-state index >= 15 is 0 Å². The first-order valence-corrected chi connectivity index (χ1v) is 10.9. The van der Waals surface area contributed by atoms with Gasteiger partial charge < -0.3 is 15.4 Å². The van der Waals surface area contributed by atoms with Gasteiger partial charge in [-0.15, -0.1) is 11.3 Å². The monoisotopic (exact) mass is 420 g/mol. The number of fused-ring (bicyclic) bond motifs is 1. The van der Waals surface area contributed by atoms with Crippen LogP contribution in [0.25, 0.3) is 0 Å². The molecule has 0 bridgehead atoms. The third-order valence-electron chi connectivity index (χ3n) is 5.07. The number of thiophene rings is 1. The summed E-state index contributed by atoms with van der Waals surface area (Å²) in [5.74, 6) is 0.176. The number of rotatable bonds is 6. The van der Waals surface area contributed by atoms with Crippen LogP contribution in [-0.2, 0) is 17.6 Å². The van der Waals surface area contributed by atoms with E-state index in [1.54, 1.807) is 12.1 Å². The Morgan fingerprint density at radius 3 is 2.47 bits per heavy atom. The van der Waals surface area contributed by atoms with Crippen molar-refractivity contribution in [3.8, 4) is 5.75 Å². The van der Waals surface area contributed by atoms with Crippen LogP contribution in [0, 0.1) is 6.92 Å². The fraction of sp³-hybridized carbons (Fsp3) is 0.250. The number of ether oxygens (including phenoxy) is 1. The van der Waals surface area contributed by atoms with Crippen molar-refractivity contribution in [2.75, 3.05) is 17.2 Å². The number of carbonyl (C=O) groups excluding carboxylic acids is 2. The third kappa shape index (κ3) is 4.71. The van der Waals surface area contributed by atoms with E-state index in [2.05, 4.69) is 10.6 Å². The molecule has 2 aromatic carbocycles. The molecule has 0 saturated heterocycles. The topological polar surface area (TPSA) is 67.4 Å². The molecule has 1 heterocycles. The van der Waals surface area contributed by atoms with Gasteiger partial charge >= 0.3 is 0 Å². The average Bonchev–Trinajstić information content (AvgIpc) is 3.12. The molecule has 1 aliphatic carbocycles. The van der Waals surface area contributed by atoms with E-state index in [1.165, 1.54) is 16.2 Å². The summed E-state index contributed by atoms with van der Waals surface area (Å²) in [6, 6.07) is 16.9. The zero-order valence-electron chi connectivity index (χ0n) is 16.9. The summed E-state index contributed by atoms with van der Waals surface area (Å²) in [5.41, 5.74) is 3.52. The summed E-state index contributed by atoms with van der Waals surface area (Å²) >= 11 is 1.50. The van der Waals surface area contributed by atoms with E-state index in [4.69, 9.17) is 4.74 Å². The molecule has 0 atom stereocenters. The molecule has 0 saturated carbocycles. The van der Waals surface area contributed by atoms with Gasteiger partial charge in [0, 0.05) is 10.6 Å². The zero-order valence-corrected chi connectivity index (χ0v) is 17.7. The lowest BCUT2D eigenvalue weighted by Crippen LogP contribution is -2.22. The predicted octanol–water partition coefficient (Wildman–Crippen LogP) is 5.21. The molecule has 4 rings (SSSR count). The van der Waals surface area contributed by atoms with Gasteiger partial charge in [-0.25, -0.2) is 0 Å². The van der Waals surface area contributed by atoms with E-state index in [9.17, 15) is 9.59 Å². The van der Waals surface area contributed by atoms with Crippen molar-refractivity contribution in [2.45, 2.75) is 32.6 Å². The van der Waals surface area contributed by atoms with Gasteiger partial charge in [0.2, 0.25) is 0 Å². The quantitative estimate of drug-likeness (QED) is 0.576. The van der Waals surface area contributed by atoms with Gasteiger partial charge in [0.15, 0.2) is 6.61 Å². The van der Waals surface area contributed by atoms with Gasteiger partial charge in [0.1, 0.15) is 10.8 Å². The fourth-order valence-electron chi connectivity index (χ4n) is 3.55. The number of aryl methyl sites for hydroxylation is 2. The molecule has 1 aromatic heterocycles. The minimum atomic E-state index is -0.276. The summed E-state index contributed by atoms with van der Waals surface area (Å²) in [5, 5.41) is 6.49. The van der Waals surface area contributed by atoms with Crippen LogP contribution in [0.4, 0.5) is 10.7 Å². The van der Waals surface area contributed by atoms with Crippen LogP contribution in [0.3, 0.4) is 0 Å². The number of carbonyl (C=O) groups is 2. The molecule has 6 heteroatoms. The molecule has 1 aliphatic rings. The van der Waals surface area contributed by atoms with Gasteiger partial charge in [0.05, 0.1) is 5.56 Å². The van der Waals surface area contributed by atoms with Gasteiger partial charge in [-0.1, -0.05) is 35.9 Å². The Hall–Kier alpha value is -3.12. The molecule has 0 unspecified atom stereocenters. The van der Waals surface area contributed by atoms with Crippen LogP contribution in [0.2, 0.25) is 0 Å². The first kappa shape index (κ1) is 20.2. The van der Waals surface area contributed by atoms with Crippen LogP contribution < -0.4 is 15.4 Å². The highest BCUT2D eigenvalue weighted by molar-refractivity contribution is 7.17. The first-order chi connectivity index (χ1) is 14.6. The second-order valence-corrected chi connectivity index (χ2v) is 8.49. The molecule has 5 nitrogen and oxygen atoms in total. The number of hydrogen-bond acceptors (Lipinski definition) is 4. The molecule has 2 N–H and O–H groups in total. The van der Waals surface area contributed by atoms with E-state index in [-0.39, 0.29) is 18.4 Å². The van der Waals surface area contributed by atoms with Crippen LogP contribution in [0.5, 0.6) is 5.75 Å². The Balaban J connectivity index is 1.52. The summed E-state index contributed by atoms with van der Waals surface area (Å²) in [6.45, 7) is 1.90. The van der Waals surface area contributed by atoms with Gasteiger partial charge in [-0.2, -0.15) is 0 Å². The number of nitrogens with one attached hydrogen (secondary N) is 2. The zero-order chi connectivity index (χ0) is 20.9. The van der Waals surface area contributed by atoms with Crippen molar-refractivity contribution < 1.29 is 14.3 Å². The van der Waals surface area contributed by atoms with Crippen molar-refractivity contribution in [2.24, 2.45) is 0 Å². The summed E-state index contributed by atoms with van der Waals surface area (Å²) < 4.78 is 5.54. The number of benzene rings is 2. The van der Waals surface area contributed by atoms with Gasteiger partial charge in [0.25, 0.3) is 11.8 Å². The Morgan fingerprint density at radius 1 is 0.967 bits per heavy atom. The summed E-state index contributed by atoms with van der Waals surface area (Å²) in [4.78, 5) is 26.8. The maximum absolute atomic E-state index is 13.1. The SMILES string of the molecule is Cc1ccc(NC(=O)c2c(NC(=O)COc3ccccc3)sc3c2CCCC3)cc1. The van der Waals surface area contributed by atoms with Crippen LogP contribution in [-0.4, -0.2) is 18.4 Å². The first-order valence-electron chi connectivity index (χ1n) is 10.1. The summed E-state index contributed by atoms with van der Waals surface area (Å²) in [7, 11) is 0. The maximum Gasteiger partial charge on any atom is 0.262 e. The Labute approximate surface area is 180 Å². The van der Waals surface area contributed by atoms with E-state index in [0.717, 1.165) is 42.5 Å². The molecule has 0 aliphatic heterocycles. The normalized spacial score (nSPS) is 12.7. The van der Waals surface area contributed by atoms with Crippen molar-refractivity contribution in [3.05, 3.63) is 76.2 Å². The largest absolute Gasteiger partial charge is 0.484 e. The van der Waals surface area contributed by atoms with Crippen LogP contribution in [0.1, 0.15) is 39.2 Å². The minimum Gasteiger partial charge on any atom is -0.484 e. The average molecular weight is 421 g/mol. The summed E-state index contributed by atoms with van der Waals surface area (Å²) in [6.07, 6.45) is 3.97. The lowest BCUT2D eigenvalue weighted by Gasteiger charge is -2.13. The Morgan fingerprint density at radius 2 is 1.70 bits per heavy atom. The molecule has 0 fully saturated rings. The molecule has 3 aromatic rings. The number of amides is 2. The van der Waals surface area contributed by atoms with Crippen LogP contribution in [0.15, 0.2) is 54.6 Å². The van der Waals surface area contributed by atoms with Crippen LogP contribution >= 0.6 is 11.3 Å². The number of para-hydroxylation sites is 1. The highest BCUT2D eigenvalue weighted by Crippen LogP contribution is 2.38. The second-order valence-electron chi connectivity index (χ2n) is 7.39. The van der Waals surface area contributed by atoms with Crippen molar-refractivity contribution in [1.29, 1.82) is 0 Å². The third-order valence-corrected chi connectivity index (χ3v) is 6.28. The van der Waals surface area contributed by atoms with Crippen molar-refractivity contribution >= 4 is 33.8 Å². The van der Waals surface area contributed by atoms with Gasteiger partial charge in [-0.3, -0.25) is 9.59 Å².